The van der Waals surface area contributed by atoms with E-state index in [9.17, 15) is 9.59 Å². The zero-order valence-corrected chi connectivity index (χ0v) is 26.7. The van der Waals surface area contributed by atoms with Crippen molar-refractivity contribution in [2.45, 2.75) is 43.6 Å². The third-order valence-corrected chi connectivity index (χ3v) is 9.12. The molecule has 46 heavy (non-hydrogen) atoms. The summed E-state index contributed by atoms with van der Waals surface area (Å²) in [6.45, 7) is 3.48. The summed E-state index contributed by atoms with van der Waals surface area (Å²) >= 11 is 0. The number of ether oxygens (including phenoxy) is 2. The topological polar surface area (TPSA) is 79.9 Å². The van der Waals surface area contributed by atoms with E-state index in [1.54, 1.807) is 7.11 Å². The molecule has 4 aromatic rings. The van der Waals surface area contributed by atoms with E-state index < -0.39 is 11.5 Å². The van der Waals surface area contributed by atoms with Crippen LogP contribution in [0.5, 0.6) is 5.75 Å². The number of hydrogen-bond acceptors (Lipinski definition) is 5. The Morgan fingerprint density at radius 1 is 0.783 bits per heavy atom. The van der Waals surface area contributed by atoms with Gasteiger partial charge in [0.2, 0.25) is 5.91 Å². The molecular formula is C39H45N3O4. The molecule has 7 heteroatoms. The van der Waals surface area contributed by atoms with Gasteiger partial charge in [0.15, 0.2) is 0 Å². The van der Waals surface area contributed by atoms with Gasteiger partial charge in [-0.15, -0.1) is 0 Å². The molecule has 0 radical (unpaired) electrons. The highest BCUT2D eigenvalue weighted by Crippen LogP contribution is 2.37. The van der Waals surface area contributed by atoms with Gasteiger partial charge < -0.3 is 25.0 Å². The number of nitrogens with one attached hydrogen (secondary N) is 2. The van der Waals surface area contributed by atoms with Crippen molar-refractivity contribution in [3.8, 4) is 5.75 Å². The van der Waals surface area contributed by atoms with Crippen LogP contribution in [0.4, 0.5) is 4.79 Å². The molecule has 240 valence electrons. The average Bonchev–Trinajstić information content (AvgIpc) is 3.12. The van der Waals surface area contributed by atoms with E-state index in [0.717, 1.165) is 49.2 Å². The second-order valence-electron chi connectivity index (χ2n) is 12.0. The molecule has 2 amide bonds. The second kappa shape index (κ2) is 16.6. The van der Waals surface area contributed by atoms with E-state index in [1.807, 2.05) is 36.4 Å². The Hall–Kier alpha value is -4.62. The van der Waals surface area contributed by atoms with Crippen LogP contribution in [0.2, 0.25) is 0 Å². The molecule has 4 aromatic carbocycles. The molecule has 7 nitrogen and oxygen atoms in total. The van der Waals surface area contributed by atoms with Crippen LogP contribution in [0.25, 0.3) is 0 Å². The molecule has 0 aromatic heterocycles. The molecule has 0 bridgehead atoms. The summed E-state index contributed by atoms with van der Waals surface area (Å²) in [6, 6.07) is 39.1. The molecule has 0 atom stereocenters. The minimum absolute atomic E-state index is 0.0481. The van der Waals surface area contributed by atoms with Crippen molar-refractivity contribution < 1.29 is 19.1 Å². The molecule has 1 heterocycles. The van der Waals surface area contributed by atoms with E-state index >= 15 is 0 Å². The monoisotopic (exact) mass is 619 g/mol. The fraction of sp³-hybridized carbons (Fsp3) is 0.333. The third-order valence-electron chi connectivity index (χ3n) is 9.12. The minimum Gasteiger partial charge on any atom is -0.496 e. The zero-order valence-electron chi connectivity index (χ0n) is 26.7. The Morgan fingerprint density at radius 2 is 1.37 bits per heavy atom. The number of hydrogen-bond donors (Lipinski definition) is 2. The average molecular weight is 620 g/mol. The number of likely N-dealkylation sites (tertiary alicyclic amines) is 1. The summed E-state index contributed by atoms with van der Waals surface area (Å²) in [6.07, 6.45) is 3.56. The molecule has 0 saturated carbocycles. The van der Waals surface area contributed by atoms with E-state index in [1.165, 1.54) is 18.4 Å². The summed E-state index contributed by atoms with van der Waals surface area (Å²) in [5.74, 6) is 1.00. The first-order valence-electron chi connectivity index (χ1n) is 16.2. The zero-order chi connectivity index (χ0) is 32.0. The van der Waals surface area contributed by atoms with Gasteiger partial charge in [-0.05, 0) is 74.0 Å². The SMILES string of the molecule is COc1ccccc1COC(=O)NCC(=O)NCC(CCCN1CCC(c2ccccc2)CC1)(c1ccccc1)c1ccccc1. The van der Waals surface area contributed by atoms with E-state index in [0.29, 0.717) is 18.2 Å². The third kappa shape index (κ3) is 8.76. The number of benzene rings is 4. The van der Waals surface area contributed by atoms with Crippen LogP contribution >= 0.6 is 0 Å². The molecular weight excluding hydrogens is 574 g/mol. The number of alkyl carbamates (subject to hydrolysis) is 1. The molecule has 0 unspecified atom stereocenters. The summed E-state index contributed by atoms with van der Waals surface area (Å²) in [5.41, 5.74) is 4.09. The minimum atomic E-state index is -0.658. The van der Waals surface area contributed by atoms with Gasteiger partial charge in [0.05, 0.1) is 13.7 Å². The molecule has 2 N–H and O–H groups in total. The van der Waals surface area contributed by atoms with Crippen molar-refractivity contribution in [3.05, 3.63) is 138 Å². The Balaban J connectivity index is 1.20. The van der Waals surface area contributed by atoms with Crippen LogP contribution in [-0.4, -0.2) is 56.7 Å². The number of amides is 2. The van der Waals surface area contributed by atoms with Crippen molar-refractivity contribution in [2.75, 3.05) is 39.8 Å². The molecule has 5 rings (SSSR count). The Kier molecular flexibility index (Phi) is 11.8. The lowest BCUT2D eigenvalue weighted by molar-refractivity contribution is -0.120. The smallest absolute Gasteiger partial charge is 0.407 e. The van der Waals surface area contributed by atoms with E-state index in [2.05, 4.69) is 94.4 Å². The van der Waals surface area contributed by atoms with Crippen LogP contribution in [-0.2, 0) is 21.6 Å². The first-order valence-corrected chi connectivity index (χ1v) is 16.2. The number of para-hydroxylation sites is 1. The number of piperidine rings is 1. The van der Waals surface area contributed by atoms with Gasteiger partial charge in [0.25, 0.3) is 0 Å². The summed E-state index contributed by atoms with van der Waals surface area (Å²) in [4.78, 5) is 28.1. The van der Waals surface area contributed by atoms with E-state index in [-0.39, 0.29) is 19.1 Å². The Morgan fingerprint density at radius 3 is 2.00 bits per heavy atom. The predicted octanol–water partition coefficient (Wildman–Crippen LogP) is 6.68. The maximum atomic E-state index is 13.1. The maximum absolute atomic E-state index is 13.1. The van der Waals surface area contributed by atoms with Crippen molar-refractivity contribution in [3.63, 3.8) is 0 Å². The first-order chi connectivity index (χ1) is 22.6. The summed E-state index contributed by atoms with van der Waals surface area (Å²) < 4.78 is 10.7. The lowest BCUT2D eigenvalue weighted by Crippen LogP contribution is -2.45. The fourth-order valence-corrected chi connectivity index (χ4v) is 6.56. The molecule has 0 aliphatic carbocycles. The lowest BCUT2D eigenvalue weighted by Gasteiger charge is -2.37. The highest BCUT2D eigenvalue weighted by atomic mass is 16.5. The number of nitrogens with zero attached hydrogens (tertiary/aromatic N) is 1. The van der Waals surface area contributed by atoms with Crippen molar-refractivity contribution in [1.29, 1.82) is 0 Å². The van der Waals surface area contributed by atoms with Crippen molar-refractivity contribution in [1.82, 2.24) is 15.5 Å². The van der Waals surface area contributed by atoms with Crippen LogP contribution in [0.3, 0.4) is 0 Å². The van der Waals surface area contributed by atoms with Crippen molar-refractivity contribution >= 4 is 12.0 Å². The maximum Gasteiger partial charge on any atom is 0.407 e. The molecule has 0 spiro atoms. The van der Waals surface area contributed by atoms with Crippen molar-refractivity contribution in [2.24, 2.45) is 0 Å². The number of carbonyl (C=O) groups excluding carboxylic acids is 2. The van der Waals surface area contributed by atoms with Gasteiger partial charge in [-0.3, -0.25) is 4.79 Å². The highest BCUT2D eigenvalue weighted by Gasteiger charge is 2.34. The van der Waals surface area contributed by atoms with Crippen LogP contribution in [0.15, 0.2) is 115 Å². The molecule has 1 saturated heterocycles. The number of carbonyl (C=O) groups is 2. The molecule has 1 aliphatic rings. The summed E-state index contributed by atoms with van der Waals surface area (Å²) in [7, 11) is 1.57. The molecule has 1 aliphatic heterocycles. The van der Waals surface area contributed by atoms with Gasteiger partial charge in [-0.1, -0.05) is 109 Å². The van der Waals surface area contributed by atoms with Gasteiger partial charge in [0, 0.05) is 17.5 Å². The Labute approximate surface area is 272 Å². The largest absolute Gasteiger partial charge is 0.496 e. The van der Waals surface area contributed by atoms with E-state index in [4.69, 9.17) is 9.47 Å². The standard InChI is InChI=1S/C39H45N3O4/c1-45-36-21-12-11-16-33(36)29-46-38(44)40-28-37(43)41-30-39(34-17-7-3-8-18-34,35-19-9-4-10-20-35)24-13-25-42-26-22-32(23-27-42)31-14-5-2-6-15-31/h2-12,14-21,32H,13,22-30H2,1H3,(H,40,44)(H,41,43). The number of rotatable bonds is 14. The summed E-state index contributed by atoms with van der Waals surface area (Å²) in [5, 5.41) is 5.72. The van der Waals surface area contributed by atoms with Gasteiger partial charge >= 0.3 is 6.09 Å². The first kappa shape index (κ1) is 32.8. The van der Waals surface area contributed by atoms with Gasteiger partial charge in [-0.25, -0.2) is 4.79 Å². The van der Waals surface area contributed by atoms with Gasteiger partial charge in [-0.2, -0.15) is 0 Å². The second-order valence-corrected chi connectivity index (χ2v) is 12.0. The van der Waals surface area contributed by atoms with Crippen LogP contribution in [0, 0.1) is 0 Å². The quantitative estimate of drug-likeness (QED) is 0.165. The number of methoxy groups -OCH3 is 1. The Bertz CT molecular complexity index is 1470. The predicted molar refractivity (Wildman–Crippen MR) is 182 cm³/mol. The normalized spacial score (nSPS) is 13.9. The lowest BCUT2D eigenvalue weighted by atomic mass is 9.71. The van der Waals surface area contributed by atoms with Crippen LogP contribution < -0.4 is 15.4 Å². The fourth-order valence-electron chi connectivity index (χ4n) is 6.56. The van der Waals surface area contributed by atoms with Gasteiger partial charge in [0.1, 0.15) is 12.4 Å². The molecule has 1 fully saturated rings. The highest BCUT2D eigenvalue weighted by molar-refractivity contribution is 5.82. The van der Waals surface area contributed by atoms with Crippen LogP contribution in [0.1, 0.15) is 53.9 Å².